The number of hydrogen-bond donors (Lipinski definition) is 1. The number of carbonyl (C=O) groups excluding carboxylic acids is 1. The molecule has 1 N–H and O–H groups in total. The van der Waals surface area contributed by atoms with Crippen LogP contribution in [0.4, 0.5) is 0 Å². The molecule has 0 spiro atoms. The molecule has 1 fully saturated rings. The molecule has 0 saturated carbocycles. The van der Waals surface area contributed by atoms with Gasteiger partial charge in [0.1, 0.15) is 0 Å². The molecule has 0 aromatic carbocycles. The van der Waals surface area contributed by atoms with Crippen LogP contribution in [0.15, 0.2) is 16.9 Å². The summed E-state index contributed by atoms with van der Waals surface area (Å²) < 4.78 is 10.5. The molecule has 110 valence electrons. The normalized spacial score (nSPS) is 22.2. The molecule has 2 heterocycles. The van der Waals surface area contributed by atoms with E-state index in [0.717, 1.165) is 6.42 Å². The van der Waals surface area contributed by atoms with Crippen LogP contribution in [0.2, 0.25) is 0 Å². The summed E-state index contributed by atoms with van der Waals surface area (Å²) in [6, 6.07) is 2.94. The monoisotopic (exact) mass is 280 g/mol. The second-order valence-electron chi connectivity index (χ2n) is 5.02. The molecule has 1 aliphatic rings. The fourth-order valence-corrected chi connectivity index (χ4v) is 2.61. The van der Waals surface area contributed by atoms with E-state index < -0.39 is 0 Å². The minimum absolute atomic E-state index is 0.00350. The average molecular weight is 280 g/mol. The highest BCUT2D eigenvalue weighted by Crippen LogP contribution is 2.23. The molecular weight excluding hydrogens is 260 g/mol. The fourth-order valence-electron chi connectivity index (χ4n) is 2.61. The third-order valence-corrected chi connectivity index (χ3v) is 3.68. The molecule has 0 radical (unpaired) electrons. The number of ether oxygens (including phenoxy) is 2. The summed E-state index contributed by atoms with van der Waals surface area (Å²) >= 11 is 0. The maximum atomic E-state index is 12.6. The molecule has 6 heteroatoms. The van der Waals surface area contributed by atoms with Crippen LogP contribution in [-0.4, -0.2) is 55.3 Å². The van der Waals surface area contributed by atoms with Crippen LogP contribution in [0.25, 0.3) is 0 Å². The van der Waals surface area contributed by atoms with Crippen molar-refractivity contribution in [3.05, 3.63) is 33.7 Å². The molecule has 6 nitrogen and oxygen atoms in total. The van der Waals surface area contributed by atoms with Gasteiger partial charge in [0.2, 0.25) is 5.56 Å². The molecule has 2 atom stereocenters. The molecule has 1 aromatic heterocycles. The van der Waals surface area contributed by atoms with Crippen molar-refractivity contribution >= 4 is 5.91 Å². The maximum absolute atomic E-state index is 12.6. The predicted octanol–water partition coefficient (Wildman–Crippen LogP) is 0.559. The second kappa shape index (κ2) is 6.19. The summed E-state index contributed by atoms with van der Waals surface area (Å²) in [6.07, 6.45) is 0.792. The number of nitrogens with one attached hydrogen (secondary N) is 1. The van der Waals surface area contributed by atoms with Crippen LogP contribution in [0.3, 0.4) is 0 Å². The summed E-state index contributed by atoms with van der Waals surface area (Å²) in [5.74, 6) is -0.0969. The Labute approximate surface area is 117 Å². The highest BCUT2D eigenvalue weighted by Gasteiger charge is 2.36. The Balaban J connectivity index is 2.24. The smallest absolute Gasteiger partial charge is 0.256 e. The number of pyridine rings is 1. The number of nitrogens with zero attached hydrogens (tertiary/aromatic N) is 1. The van der Waals surface area contributed by atoms with Crippen LogP contribution in [0.1, 0.15) is 22.5 Å². The van der Waals surface area contributed by atoms with E-state index in [1.807, 2.05) is 0 Å². The Morgan fingerprint density at radius 2 is 2.20 bits per heavy atom. The minimum atomic E-state index is -0.205. The van der Waals surface area contributed by atoms with Crippen molar-refractivity contribution in [2.75, 3.05) is 27.4 Å². The topological polar surface area (TPSA) is 71.6 Å². The minimum Gasteiger partial charge on any atom is -0.383 e. The Morgan fingerprint density at radius 1 is 1.45 bits per heavy atom. The van der Waals surface area contributed by atoms with Gasteiger partial charge in [0, 0.05) is 32.5 Å². The number of rotatable bonds is 4. The van der Waals surface area contributed by atoms with Crippen molar-refractivity contribution in [2.24, 2.45) is 0 Å². The van der Waals surface area contributed by atoms with E-state index in [1.54, 1.807) is 32.1 Å². The highest BCUT2D eigenvalue weighted by atomic mass is 16.5. The maximum Gasteiger partial charge on any atom is 0.256 e. The molecule has 20 heavy (non-hydrogen) atoms. The third kappa shape index (κ3) is 2.91. The Kier molecular flexibility index (Phi) is 4.57. The van der Waals surface area contributed by atoms with Gasteiger partial charge < -0.3 is 19.4 Å². The number of aromatic amines is 1. The zero-order valence-corrected chi connectivity index (χ0v) is 12.0. The standard InChI is InChI=1S/C14H20N2O4/c1-9-12(4-5-13(17)15-9)14(18)16-7-11(20-3)6-10(16)8-19-2/h4-5,10-11H,6-8H2,1-3H3,(H,15,17)/t10-,11+/m0/s1. The van der Waals surface area contributed by atoms with Gasteiger partial charge in [0.05, 0.1) is 24.3 Å². The van der Waals surface area contributed by atoms with E-state index in [0.29, 0.717) is 24.4 Å². The first kappa shape index (κ1) is 14.7. The molecule has 0 bridgehead atoms. The molecule has 1 aliphatic heterocycles. The Hall–Kier alpha value is -1.66. The molecule has 1 saturated heterocycles. The van der Waals surface area contributed by atoms with Gasteiger partial charge in [-0.15, -0.1) is 0 Å². The van der Waals surface area contributed by atoms with E-state index in [2.05, 4.69) is 4.98 Å². The first-order valence-corrected chi connectivity index (χ1v) is 6.59. The van der Waals surface area contributed by atoms with Gasteiger partial charge in [-0.05, 0) is 19.4 Å². The first-order valence-electron chi connectivity index (χ1n) is 6.59. The van der Waals surface area contributed by atoms with Crippen LogP contribution >= 0.6 is 0 Å². The fraction of sp³-hybridized carbons (Fsp3) is 0.571. The lowest BCUT2D eigenvalue weighted by Gasteiger charge is -2.24. The Morgan fingerprint density at radius 3 is 2.80 bits per heavy atom. The van der Waals surface area contributed by atoms with E-state index in [-0.39, 0.29) is 23.6 Å². The largest absolute Gasteiger partial charge is 0.383 e. The number of carbonyl (C=O) groups is 1. The molecule has 1 amide bonds. The van der Waals surface area contributed by atoms with E-state index in [9.17, 15) is 9.59 Å². The molecule has 2 rings (SSSR count). The molecule has 0 unspecified atom stereocenters. The van der Waals surface area contributed by atoms with Crippen LogP contribution < -0.4 is 5.56 Å². The van der Waals surface area contributed by atoms with Crippen molar-refractivity contribution in [1.29, 1.82) is 0 Å². The molecular formula is C14H20N2O4. The summed E-state index contributed by atoms with van der Waals surface area (Å²) in [6.45, 7) is 2.75. The van der Waals surface area contributed by atoms with Gasteiger partial charge in [0.25, 0.3) is 5.91 Å². The number of hydrogen-bond acceptors (Lipinski definition) is 4. The first-order chi connectivity index (χ1) is 9.56. The number of aromatic nitrogens is 1. The van der Waals surface area contributed by atoms with E-state index in [4.69, 9.17) is 9.47 Å². The summed E-state index contributed by atoms with van der Waals surface area (Å²) in [5.41, 5.74) is 0.894. The van der Waals surface area contributed by atoms with Gasteiger partial charge in [0.15, 0.2) is 0 Å². The van der Waals surface area contributed by atoms with E-state index >= 15 is 0 Å². The third-order valence-electron chi connectivity index (χ3n) is 3.68. The number of amides is 1. The van der Waals surface area contributed by atoms with Gasteiger partial charge in [-0.3, -0.25) is 9.59 Å². The second-order valence-corrected chi connectivity index (χ2v) is 5.02. The highest BCUT2D eigenvalue weighted by molar-refractivity contribution is 5.95. The van der Waals surface area contributed by atoms with Crippen LogP contribution in [-0.2, 0) is 9.47 Å². The average Bonchev–Trinajstić information content (AvgIpc) is 2.82. The lowest BCUT2D eigenvalue weighted by atomic mass is 10.1. The Bertz CT molecular complexity index is 540. The van der Waals surface area contributed by atoms with Gasteiger partial charge in [-0.25, -0.2) is 0 Å². The van der Waals surface area contributed by atoms with Crippen molar-refractivity contribution in [3.63, 3.8) is 0 Å². The van der Waals surface area contributed by atoms with Gasteiger partial charge in [-0.1, -0.05) is 0 Å². The summed E-state index contributed by atoms with van der Waals surface area (Å²) in [4.78, 5) is 28.3. The predicted molar refractivity (Wildman–Crippen MR) is 73.9 cm³/mol. The van der Waals surface area contributed by atoms with Crippen molar-refractivity contribution in [2.45, 2.75) is 25.5 Å². The lowest BCUT2D eigenvalue weighted by Crippen LogP contribution is -2.39. The SMILES string of the molecule is COC[C@@H]1C[C@@H](OC)CN1C(=O)c1ccc(=O)[nH]c1C. The zero-order chi connectivity index (χ0) is 14.7. The van der Waals surface area contributed by atoms with Crippen molar-refractivity contribution in [1.82, 2.24) is 9.88 Å². The molecule has 1 aromatic rings. The van der Waals surface area contributed by atoms with Crippen LogP contribution in [0, 0.1) is 6.92 Å². The number of aryl methyl sites for hydroxylation is 1. The number of H-pyrrole nitrogens is 1. The summed E-state index contributed by atoms with van der Waals surface area (Å²) in [7, 11) is 3.27. The number of methoxy groups -OCH3 is 2. The van der Waals surface area contributed by atoms with Gasteiger partial charge >= 0.3 is 0 Å². The lowest BCUT2D eigenvalue weighted by molar-refractivity contribution is 0.0611. The van der Waals surface area contributed by atoms with Crippen LogP contribution in [0.5, 0.6) is 0 Å². The number of likely N-dealkylation sites (tertiary alicyclic amines) is 1. The van der Waals surface area contributed by atoms with Gasteiger partial charge in [-0.2, -0.15) is 0 Å². The van der Waals surface area contributed by atoms with E-state index in [1.165, 1.54) is 6.07 Å². The molecule has 0 aliphatic carbocycles. The zero-order valence-electron chi connectivity index (χ0n) is 12.0. The van der Waals surface area contributed by atoms with Crippen molar-refractivity contribution < 1.29 is 14.3 Å². The quantitative estimate of drug-likeness (QED) is 0.874. The summed E-state index contributed by atoms with van der Waals surface area (Å²) in [5, 5.41) is 0. The van der Waals surface area contributed by atoms with Crippen molar-refractivity contribution in [3.8, 4) is 0 Å².